The molecule has 3 nitrogen and oxygen atoms in total. The number of rotatable bonds is 4. The van der Waals surface area contributed by atoms with E-state index in [0.717, 1.165) is 11.8 Å². The van der Waals surface area contributed by atoms with Gasteiger partial charge in [-0.25, -0.2) is 8.78 Å². The Hall–Kier alpha value is -2.21. The molecule has 1 aromatic heterocycles. The zero-order chi connectivity index (χ0) is 14.8. The topological polar surface area (TPSA) is 29.9 Å². The van der Waals surface area contributed by atoms with Crippen molar-refractivity contribution in [3.63, 3.8) is 0 Å². The number of para-hydroxylation sites is 1. The van der Waals surface area contributed by atoms with Gasteiger partial charge < -0.3 is 14.3 Å². The average molecular weight is 306 g/mol. The highest BCUT2D eigenvalue weighted by molar-refractivity contribution is 7.71. The van der Waals surface area contributed by atoms with E-state index in [2.05, 4.69) is 4.98 Å². The van der Waals surface area contributed by atoms with E-state index in [1.165, 1.54) is 10.6 Å². The van der Waals surface area contributed by atoms with E-state index >= 15 is 0 Å². The third kappa shape index (κ3) is 2.67. The third-order valence-electron chi connectivity index (χ3n) is 3.15. The largest absolute Gasteiger partial charge is 0.492 e. The van der Waals surface area contributed by atoms with Crippen molar-refractivity contribution in [2.24, 2.45) is 0 Å². The fourth-order valence-corrected chi connectivity index (χ4v) is 2.47. The Morgan fingerprint density at radius 3 is 2.62 bits per heavy atom. The Morgan fingerprint density at radius 2 is 1.86 bits per heavy atom. The van der Waals surface area contributed by atoms with Gasteiger partial charge in [-0.3, -0.25) is 0 Å². The number of aromatic nitrogens is 2. The summed E-state index contributed by atoms with van der Waals surface area (Å²) in [6, 6.07) is 11.8. The average Bonchev–Trinajstić information content (AvgIpc) is 2.81. The van der Waals surface area contributed by atoms with E-state index in [1.54, 1.807) is 0 Å². The molecule has 0 spiro atoms. The predicted molar refractivity (Wildman–Crippen MR) is 79.0 cm³/mol. The van der Waals surface area contributed by atoms with Gasteiger partial charge in [0.2, 0.25) is 0 Å². The summed E-state index contributed by atoms with van der Waals surface area (Å²) < 4.78 is 34.7. The van der Waals surface area contributed by atoms with Gasteiger partial charge in [-0.15, -0.1) is 0 Å². The lowest BCUT2D eigenvalue weighted by Gasteiger charge is -2.08. The van der Waals surface area contributed by atoms with Crippen LogP contribution in [0, 0.1) is 16.4 Å². The van der Waals surface area contributed by atoms with Gasteiger partial charge in [0.25, 0.3) is 0 Å². The lowest BCUT2D eigenvalue weighted by atomic mass is 10.3. The molecule has 0 saturated heterocycles. The zero-order valence-electron chi connectivity index (χ0n) is 11.0. The SMILES string of the molecule is Fc1ccc2[nH]c(=S)n(CCOc3ccccc3)c2c1F. The Morgan fingerprint density at radius 1 is 1.10 bits per heavy atom. The Labute approximate surface area is 124 Å². The summed E-state index contributed by atoms with van der Waals surface area (Å²) in [5, 5.41) is 0. The molecule has 0 unspecified atom stereocenters. The number of nitrogens with one attached hydrogen (secondary N) is 1. The number of ether oxygens (including phenoxy) is 1. The molecule has 3 aromatic rings. The summed E-state index contributed by atoms with van der Waals surface area (Å²) in [6.45, 7) is 0.634. The van der Waals surface area contributed by atoms with Gasteiger partial charge in [0.1, 0.15) is 17.9 Å². The fourth-order valence-electron chi connectivity index (χ4n) is 2.17. The maximum atomic E-state index is 13.9. The van der Waals surface area contributed by atoms with Gasteiger partial charge in [0, 0.05) is 0 Å². The highest BCUT2D eigenvalue weighted by Gasteiger charge is 2.13. The number of benzene rings is 2. The molecule has 1 heterocycles. The highest BCUT2D eigenvalue weighted by Crippen LogP contribution is 2.20. The van der Waals surface area contributed by atoms with Crippen molar-refractivity contribution in [3.05, 3.63) is 58.9 Å². The number of hydrogen-bond acceptors (Lipinski definition) is 2. The van der Waals surface area contributed by atoms with Crippen LogP contribution in [0.2, 0.25) is 0 Å². The molecule has 0 aliphatic carbocycles. The molecule has 0 radical (unpaired) electrons. The van der Waals surface area contributed by atoms with Gasteiger partial charge in [-0.05, 0) is 36.5 Å². The number of hydrogen-bond donors (Lipinski definition) is 1. The number of aromatic amines is 1. The minimum atomic E-state index is -0.903. The van der Waals surface area contributed by atoms with Crippen molar-refractivity contribution in [1.29, 1.82) is 0 Å². The first-order valence-electron chi connectivity index (χ1n) is 6.41. The van der Waals surface area contributed by atoms with Crippen molar-refractivity contribution in [1.82, 2.24) is 9.55 Å². The van der Waals surface area contributed by atoms with E-state index in [-0.39, 0.29) is 5.52 Å². The molecule has 21 heavy (non-hydrogen) atoms. The molecule has 0 amide bonds. The van der Waals surface area contributed by atoms with Crippen LogP contribution in [0.3, 0.4) is 0 Å². The summed E-state index contributed by atoms with van der Waals surface area (Å²) in [5.41, 5.74) is 0.607. The van der Waals surface area contributed by atoms with Crippen molar-refractivity contribution in [2.45, 2.75) is 6.54 Å². The molecule has 0 aliphatic heterocycles. The second kappa shape index (κ2) is 5.65. The number of halogens is 2. The van der Waals surface area contributed by atoms with Crippen LogP contribution in [-0.4, -0.2) is 16.2 Å². The monoisotopic (exact) mass is 306 g/mol. The Bertz CT molecular complexity index is 827. The lowest BCUT2D eigenvalue weighted by molar-refractivity contribution is 0.299. The van der Waals surface area contributed by atoms with Crippen LogP contribution < -0.4 is 4.74 Å². The summed E-state index contributed by atoms with van der Waals surface area (Å²) in [5.74, 6) is -1.08. The van der Waals surface area contributed by atoms with Crippen LogP contribution in [0.1, 0.15) is 0 Å². The van der Waals surface area contributed by atoms with E-state index in [9.17, 15) is 8.78 Å². The minimum Gasteiger partial charge on any atom is -0.492 e. The van der Waals surface area contributed by atoms with E-state index in [4.69, 9.17) is 17.0 Å². The van der Waals surface area contributed by atoms with Gasteiger partial charge in [0.15, 0.2) is 16.4 Å². The van der Waals surface area contributed by atoms with Crippen molar-refractivity contribution >= 4 is 23.3 Å². The third-order valence-corrected chi connectivity index (χ3v) is 3.47. The van der Waals surface area contributed by atoms with Gasteiger partial charge >= 0.3 is 0 Å². The van der Waals surface area contributed by atoms with Crippen LogP contribution >= 0.6 is 12.2 Å². The minimum absolute atomic E-state index is 0.136. The molecule has 0 bridgehead atoms. The molecule has 0 fully saturated rings. The maximum Gasteiger partial charge on any atom is 0.184 e. The van der Waals surface area contributed by atoms with Crippen LogP contribution in [0.15, 0.2) is 42.5 Å². The summed E-state index contributed by atoms with van der Waals surface area (Å²) in [7, 11) is 0. The lowest BCUT2D eigenvalue weighted by Crippen LogP contribution is -2.09. The summed E-state index contributed by atoms with van der Waals surface area (Å²) in [6.07, 6.45) is 0. The van der Waals surface area contributed by atoms with Crippen LogP contribution in [0.4, 0.5) is 8.78 Å². The van der Waals surface area contributed by atoms with E-state index in [1.807, 2.05) is 30.3 Å². The normalized spacial score (nSPS) is 11.0. The van der Waals surface area contributed by atoms with E-state index in [0.29, 0.717) is 23.4 Å². The quantitative estimate of drug-likeness (QED) is 0.737. The van der Waals surface area contributed by atoms with Crippen LogP contribution in [-0.2, 0) is 6.54 Å². The number of fused-ring (bicyclic) bond motifs is 1. The van der Waals surface area contributed by atoms with E-state index < -0.39 is 11.6 Å². The molecule has 0 saturated carbocycles. The molecule has 2 aromatic carbocycles. The summed E-state index contributed by atoms with van der Waals surface area (Å²) in [4.78, 5) is 2.86. The smallest absolute Gasteiger partial charge is 0.184 e. The summed E-state index contributed by atoms with van der Waals surface area (Å²) >= 11 is 5.15. The van der Waals surface area contributed by atoms with Crippen molar-refractivity contribution in [2.75, 3.05) is 6.61 Å². The molecule has 0 aliphatic rings. The van der Waals surface area contributed by atoms with Crippen LogP contribution in [0.5, 0.6) is 5.75 Å². The molecular formula is C15H12F2N2OS. The molecule has 1 N–H and O–H groups in total. The first kappa shape index (κ1) is 13.8. The van der Waals surface area contributed by atoms with Gasteiger partial charge in [-0.2, -0.15) is 0 Å². The maximum absolute atomic E-state index is 13.9. The van der Waals surface area contributed by atoms with Crippen molar-refractivity contribution in [3.8, 4) is 5.75 Å². The first-order chi connectivity index (χ1) is 10.2. The molecular weight excluding hydrogens is 294 g/mol. The number of nitrogens with zero attached hydrogens (tertiary/aromatic N) is 1. The molecule has 3 rings (SSSR count). The van der Waals surface area contributed by atoms with Gasteiger partial charge in [-0.1, -0.05) is 18.2 Å². The second-order valence-electron chi connectivity index (χ2n) is 4.50. The Balaban J connectivity index is 1.85. The second-order valence-corrected chi connectivity index (χ2v) is 4.89. The predicted octanol–water partition coefficient (Wildman–Crippen LogP) is 4.06. The highest BCUT2D eigenvalue weighted by atomic mass is 32.1. The number of H-pyrrole nitrogens is 1. The van der Waals surface area contributed by atoms with Crippen molar-refractivity contribution < 1.29 is 13.5 Å². The first-order valence-corrected chi connectivity index (χ1v) is 6.82. The number of imidazole rings is 1. The molecule has 0 atom stereocenters. The molecule has 6 heteroatoms. The van der Waals surface area contributed by atoms with Crippen LogP contribution in [0.25, 0.3) is 11.0 Å². The fraction of sp³-hybridized carbons (Fsp3) is 0.133. The molecule has 108 valence electrons. The van der Waals surface area contributed by atoms with Gasteiger partial charge in [0.05, 0.1) is 12.1 Å². The Kier molecular flexibility index (Phi) is 3.70. The standard InChI is InChI=1S/C15H12F2N2OS/c16-11-6-7-12-14(13(11)17)19(15(21)18-12)8-9-20-10-4-2-1-3-5-10/h1-7H,8-9H2,(H,18,21). The zero-order valence-corrected chi connectivity index (χ0v) is 11.8.